The third-order valence-electron chi connectivity index (χ3n) is 2.84. The summed E-state index contributed by atoms with van der Waals surface area (Å²) in [6.07, 6.45) is 1.18. The van der Waals surface area contributed by atoms with Crippen LogP contribution in [0.15, 0.2) is 18.2 Å². The fourth-order valence-corrected chi connectivity index (χ4v) is 1.62. The lowest BCUT2D eigenvalue weighted by Gasteiger charge is -2.16. The van der Waals surface area contributed by atoms with Crippen LogP contribution < -0.4 is 5.32 Å². The number of nitrogens with one attached hydrogen (secondary N) is 1. The predicted octanol–water partition coefficient (Wildman–Crippen LogP) is 3.49. The van der Waals surface area contributed by atoms with Crippen molar-refractivity contribution in [1.82, 2.24) is 0 Å². The maximum Gasteiger partial charge on any atom is 0.239 e. The monoisotopic (exact) mass is 269 g/mol. The van der Waals surface area contributed by atoms with Crippen LogP contribution in [0, 0.1) is 6.92 Å². The summed E-state index contributed by atoms with van der Waals surface area (Å²) in [5, 5.41) is 2.82. The molecule has 0 heterocycles. The lowest BCUT2D eigenvalue weighted by molar-refractivity contribution is -0.113. The van der Waals surface area contributed by atoms with Crippen molar-refractivity contribution in [2.45, 2.75) is 39.9 Å². The molecule has 1 N–H and O–H groups in total. The molecule has 1 unspecified atom stereocenters. The van der Waals surface area contributed by atoms with Gasteiger partial charge in [-0.15, -0.1) is 11.6 Å². The Morgan fingerprint density at radius 1 is 1.50 bits per heavy atom. The number of benzene rings is 1. The first-order chi connectivity index (χ1) is 8.58. The minimum atomic E-state index is -0.198. The molecule has 3 nitrogen and oxygen atoms in total. The van der Waals surface area contributed by atoms with Gasteiger partial charge in [0.1, 0.15) is 5.88 Å². The van der Waals surface area contributed by atoms with Crippen molar-refractivity contribution in [2.24, 2.45) is 0 Å². The molecule has 0 aromatic heterocycles. The van der Waals surface area contributed by atoms with E-state index in [-0.39, 0.29) is 17.9 Å². The Balaban J connectivity index is 2.83. The van der Waals surface area contributed by atoms with Gasteiger partial charge in [0, 0.05) is 11.3 Å². The zero-order valence-electron chi connectivity index (χ0n) is 11.1. The third kappa shape index (κ3) is 4.31. The van der Waals surface area contributed by atoms with Gasteiger partial charge in [0.25, 0.3) is 0 Å². The highest BCUT2D eigenvalue weighted by Gasteiger charge is 2.10. The maximum atomic E-state index is 11.4. The van der Waals surface area contributed by atoms with Crippen molar-refractivity contribution in [2.75, 3.05) is 11.2 Å². The van der Waals surface area contributed by atoms with Crippen LogP contribution in [0.4, 0.5) is 5.69 Å². The van der Waals surface area contributed by atoms with Gasteiger partial charge in [-0.2, -0.15) is 0 Å². The fourth-order valence-electron chi connectivity index (χ4n) is 1.55. The van der Waals surface area contributed by atoms with Gasteiger partial charge in [-0.3, -0.25) is 4.79 Å². The van der Waals surface area contributed by atoms with E-state index in [0.29, 0.717) is 6.61 Å². The zero-order chi connectivity index (χ0) is 13.5. The van der Waals surface area contributed by atoms with Crippen LogP contribution in [0.25, 0.3) is 0 Å². The van der Waals surface area contributed by atoms with E-state index in [1.165, 1.54) is 0 Å². The highest BCUT2D eigenvalue weighted by atomic mass is 35.5. The Morgan fingerprint density at radius 3 is 2.83 bits per heavy atom. The van der Waals surface area contributed by atoms with E-state index < -0.39 is 0 Å². The molecule has 0 saturated heterocycles. The summed E-state index contributed by atoms with van der Waals surface area (Å²) in [5.41, 5.74) is 2.80. The van der Waals surface area contributed by atoms with E-state index in [4.69, 9.17) is 16.3 Å². The van der Waals surface area contributed by atoms with Gasteiger partial charge in [-0.25, -0.2) is 0 Å². The second-order valence-corrected chi connectivity index (χ2v) is 4.59. The predicted molar refractivity (Wildman–Crippen MR) is 75.1 cm³/mol. The molecule has 100 valence electrons. The van der Waals surface area contributed by atoms with Gasteiger partial charge in [-0.1, -0.05) is 25.1 Å². The average Bonchev–Trinajstić information content (AvgIpc) is 2.38. The molecule has 0 spiro atoms. The maximum absolute atomic E-state index is 11.4. The van der Waals surface area contributed by atoms with Crippen molar-refractivity contribution in [3.63, 3.8) is 0 Å². The second kappa shape index (κ2) is 7.39. The quantitative estimate of drug-likeness (QED) is 0.803. The molecule has 0 bridgehead atoms. The number of ether oxygens (including phenoxy) is 1. The summed E-state index contributed by atoms with van der Waals surface area (Å²) in [4.78, 5) is 11.4. The molecule has 1 rings (SSSR count). The second-order valence-electron chi connectivity index (χ2n) is 4.32. The fraction of sp³-hybridized carbons (Fsp3) is 0.500. The van der Waals surface area contributed by atoms with Crippen LogP contribution in [0.2, 0.25) is 0 Å². The minimum absolute atomic E-state index is 0.0417. The Kier molecular flexibility index (Phi) is 6.16. The first-order valence-electron chi connectivity index (χ1n) is 6.14. The number of aryl methyl sites for hydroxylation is 1. The van der Waals surface area contributed by atoms with E-state index >= 15 is 0 Å². The van der Waals surface area contributed by atoms with Crippen molar-refractivity contribution >= 4 is 23.2 Å². The van der Waals surface area contributed by atoms with Crippen molar-refractivity contribution in [3.05, 3.63) is 29.3 Å². The summed E-state index contributed by atoms with van der Waals surface area (Å²) in [5.74, 6) is -0.240. The smallest absolute Gasteiger partial charge is 0.239 e. The first-order valence-corrected chi connectivity index (χ1v) is 6.67. The topological polar surface area (TPSA) is 38.3 Å². The number of hydrogen-bond donors (Lipinski definition) is 1. The van der Waals surface area contributed by atoms with Crippen molar-refractivity contribution < 1.29 is 9.53 Å². The van der Waals surface area contributed by atoms with Gasteiger partial charge in [0.15, 0.2) is 0 Å². The first kappa shape index (κ1) is 15.0. The van der Waals surface area contributed by atoms with Gasteiger partial charge >= 0.3 is 0 Å². The standard InChI is InChI=1S/C14H20ClNO2/c1-4-11(3)18-9-12-7-5-6-10(2)14(12)16-13(17)8-15/h5-7,11H,4,8-9H2,1-3H3,(H,16,17). The van der Waals surface area contributed by atoms with Gasteiger partial charge in [0.2, 0.25) is 5.91 Å². The lowest BCUT2D eigenvalue weighted by Crippen LogP contribution is -2.16. The largest absolute Gasteiger partial charge is 0.374 e. The molecule has 18 heavy (non-hydrogen) atoms. The van der Waals surface area contributed by atoms with Crippen LogP contribution in [-0.2, 0) is 16.1 Å². The third-order valence-corrected chi connectivity index (χ3v) is 3.09. The van der Waals surface area contributed by atoms with E-state index in [2.05, 4.69) is 12.2 Å². The van der Waals surface area contributed by atoms with Crippen LogP contribution in [0.5, 0.6) is 0 Å². The number of carbonyl (C=O) groups excluding carboxylic acids is 1. The van der Waals surface area contributed by atoms with Crippen LogP contribution in [0.3, 0.4) is 0 Å². The molecule has 0 fully saturated rings. The molecule has 0 aliphatic rings. The molecular formula is C14H20ClNO2. The van der Waals surface area contributed by atoms with E-state index in [1.54, 1.807) is 0 Å². The molecule has 0 saturated carbocycles. The Morgan fingerprint density at radius 2 is 2.22 bits per heavy atom. The Labute approximate surface area is 113 Å². The zero-order valence-corrected chi connectivity index (χ0v) is 11.9. The molecule has 4 heteroatoms. The van der Waals surface area contributed by atoms with Crippen LogP contribution >= 0.6 is 11.6 Å². The molecule has 1 atom stereocenters. The van der Waals surface area contributed by atoms with Gasteiger partial charge < -0.3 is 10.1 Å². The number of hydrogen-bond acceptors (Lipinski definition) is 2. The summed E-state index contributed by atoms with van der Waals surface area (Å²) in [6, 6.07) is 5.87. The molecule has 0 radical (unpaired) electrons. The van der Waals surface area contributed by atoms with E-state index in [0.717, 1.165) is 23.2 Å². The van der Waals surface area contributed by atoms with Gasteiger partial charge in [-0.05, 0) is 25.8 Å². The summed E-state index contributed by atoms with van der Waals surface area (Å²) in [7, 11) is 0. The number of rotatable bonds is 6. The minimum Gasteiger partial charge on any atom is -0.374 e. The number of amides is 1. The molecule has 0 aliphatic heterocycles. The number of alkyl halides is 1. The molecule has 0 aliphatic carbocycles. The van der Waals surface area contributed by atoms with Crippen LogP contribution in [-0.4, -0.2) is 17.9 Å². The summed E-state index contributed by atoms with van der Waals surface area (Å²) >= 11 is 5.51. The van der Waals surface area contributed by atoms with Crippen molar-refractivity contribution in [1.29, 1.82) is 0 Å². The summed E-state index contributed by atoms with van der Waals surface area (Å²) in [6.45, 7) is 6.56. The number of para-hydroxylation sites is 1. The molecule has 1 amide bonds. The number of carbonyl (C=O) groups is 1. The number of halogens is 1. The average molecular weight is 270 g/mol. The van der Waals surface area contributed by atoms with Gasteiger partial charge in [0.05, 0.1) is 12.7 Å². The normalized spacial score (nSPS) is 12.2. The Hall–Kier alpha value is -1.06. The number of anilines is 1. The summed E-state index contributed by atoms with van der Waals surface area (Å²) < 4.78 is 5.70. The molecule has 1 aromatic carbocycles. The molecule has 1 aromatic rings. The SMILES string of the molecule is CCC(C)OCc1cccc(C)c1NC(=O)CCl. The van der Waals surface area contributed by atoms with E-state index in [1.807, 2.05) is 32.0 Å². The highest BCUT2D eigenvalue weighted by molar-refractivity contribution is 6.29. The van der Waals surface area contributed by atoms with E-state index in [9.17, 15) is 4.79 Å². The Bertz CT molecular complexity index is 407. The van der Waals surface area contributed by atoms with Crippen LogP contribution in [0.1, 0.15) is 31.4 Å². The highest BCUT2D eigenvalue weighted by Crippen LogP contribution is 2.22. The van der Waals surface area contributed by atoms with Crippen molar-refractivity contribution in [3.8, 4) is 0 Å². The molecular weight excluding hydrogens is 250 g/mol. The lowest BCUT2D eigenvalue weighted by atomic mass is 10.1.